The number of H-pyrrole nitrogens is 2. The van der Waals surface area contributed by atoms with Crippen LogP contribution in [0.3, 0.4) is 0 Å². The molecule has 1 amide bonds. The van der Waals surface area contributed by atoms with Gasteiger partial charge in [-0.1, -0.05) is 11.6 Å². The van der Waals surface area contributed by atoms with E-state index in [1.807, 2.05) is 32.0 Å². The molecule has 1 aliphatic rings. The Hall–Kier alpha value is -2.94. The zero-order chi connectivity index (χ0) is 21.6. The predicted octanol–water partition coefficient (Wildman–Crippen LogP) is 3.71. The molecule has 1 fully saturated rings. The molecule has 0 saturated carbocycles. The highest BCUT2D eigenvalue weighted by Gasteiger charge is 2.38. The molecule has 0 unspecified atom stereocenters. The number of aromatic amines is 2. The number of hydrogen-bond donors (Lipinski definition) is 3. The van der Waals surface area contributed by atoms with Crippen LogP contribution in [0.5, 0.6) is 0 Å². The molecule has 3 N–H and O–H groups in total. The zero-order valence-electron chi connectivity index (χ0n) is 17.3. The summed E-state index contributed by atoms with van der Waals surface area (Å²) in [6.07, 6.45) is 5.28. The van der Waals surface area contributed by atoms with Crippen LogP contribution in [0, 0.1) is 0 Å². The third-order valence-electron chi connectivity index (χ3n) is 5.61. The van der Waals surface area contributed by atoms with Crippen LogP contribution in [-0.2, 0) is 16.1 Å². The number of fused-ring (bicyclic) bond motifs is 3. The van der Waals surface area contributed by atoms with Gasteiger partial charge in [0.2, 0.25) is 5.91 Å². The number of rotatable bonds is 4. The number of morpholine rings is 1. The van der Waals surface area contributed by atoms with E-state index in [0.717, 1.165) is 27.5 Å². The number of hydrogen-bond acceptors (Lipinski definition) is 5. The number of aromatic nitrogens is 4. The molecule has 1 saturated heterocycles. The average Bonchev–Trinajstić information content (AvgIpc) is 3.35. The molecule has 0 bridgehead atoms. The molecule has 3 aromatic heterocycles. The van der Waals surface area contributed by atoms with Gasteiger partial charge in [0.25, 0.3) is 0 Å². The standard InChI is InChI=1S/C22H23ClN6O2/c1-22(2)12-29(10-14-3-6-25-28-14)19(11-31-22)21(30)27-17-8-13(23)7-16-15-4-5-24-9-18(15)26-20(16)17/h3-9,19,26H,10-12H2,1-2H3,(H,25,28)(H,27,30)/t19-/m0/s1. The minimum atomic E-state index is -0.454. The van der Waals surface area contributed by atoms with Gasteiger partial charge in [-0.2, -0.15) is 5.10 Å². The second kappa shape index (κ2) is 7.64. The molecular formula is C22H23ClN6O2. The summed E-state index contributed by atoms with van der Waals surface area (Å²) < 4.78 is 5.97. The van der Waals surface area contributed by atoms with Gasteiger partial charge in [0.05, 0.1) is 40.8 Å². The SMILES string of the molecule is CC1(C)CN(Cc2cc[nH]n2)[C@H](C(=O)Nc2cc(Cl)cc3c2[nH]c2cnccc23)CO1. The molecule has 4 heterocycles. The van der Waals surface area contributed by atoms with Crippen molar-refractivity contribution in [3.8, 4) is 0 Å². The van der Waals surface area contributed by atoms with Crippen LogP contribution >= 0.6 is 11.6 Å². The maximum atomic E-state index is 13.4. The van der Waals surface area contributed by atoms with Gasteiger partial charge < -0.3 is 15.0 Å². The summed E-state index contributed by atoms with van der Waals surface area (Å²) in [6, 6.07) is 7.04. The Bertz CT molecular complexity index is 1250. The lowest BCUT2D eigenvalue weighted by molar-refractivity contribution is -0.144. The van der Waals surface area contributed by atoms with Crippen molar-refractivity contribution in [2.24, 2.45) is 0 Å². The van der Waals surface area contributed by atoms with Crippen LogP contribution in [0.15, 0.2) is 42.9 Å². The summed E-state index contributed by atoms with van der Waals surface area (Å²) in [5, 5.41) is 12.6. The number of ether oxygens (including phenoxy) is 1. The van der Waals surface area contributed by atoms with Gasteiger partial charge in [-0.3, -0.25) is 19.8 Å². The van der Waals surface area contributed by atoms with Gasteiger partial charge in [0.1, 0.15) is 6.04 Å². The minimum absolute atomic E-state index is 0.147. The minimum Gasteiger partial charge on any atom is -0.372 e. The number of nitrogens with zero attached hydrogens (tertiary/aromatic N) is 3. The van der Waals surface area contributed by atoms with Crippen molar-refractivity contribution in [3.05, 3.63) is 53.6 Å². The fourth-order valence-corrected chi connectivity index (χ4v) is 4.40. The molecule has 1 atom stereocenters. The molecule has 1 aromatic carbocycles. The van der Waals surface area contributed by atoms with Crippen molar-refractivity contribution in [3.63, 3.8) is 0 Å². The van der Waals surface area contributed by atoms with Crippen molar-refractivity contribution in [2.75, 3.05) is 18.5 Å². The van der Waals surface area contributed by atoms with Crippen LogP contribution in [0.25, 0.3) is 21.8 Å². The summed E-state index contributed by atoms with van der Waals surface area (Å²) in [4.78, 5) is 23.0. The first-order valence-electron chi connectivity index (χ1n) is 10.1. The smallest absolute Gasteiger partial charge is 0.244 e. The Kier molecular flexibility index (Phi) is 4.92. The van der Waals surface area contributed by atoms with Crippen LogP contribution in [0.4, 0.5) is 5.69 Å². The highest BCUT2D eigenvalue weighted by atomic mass is 35.5. The van der Waals surface area contributed by atoms with E-state index in [0.29, 0.717) is 30.4 Å². The maximum absolute atomic E-state index is 13.4. The first-order chi connectivity index (χ1) is 14.9. The molecule has 9 heteroatoms. The largest absolute Gasteiger partial charge is 0.372 e. The number of pyridine rings is 1. The van der Waals surface area contributed by atoms with Gasteiger partial charge in [-0.05, 0) is 38.1 Å². The quantitative estimate of drug-likeness (QED) is 0.451. The van der Waals surface area contributed by atoms with E-state index < -0.39 is 6.04 Å². The van der Waals surface area contributed by atoms with Gasteiger partial charge >= 0.3 is 0 Å². The van der Waals surface area contributed by atoms with E-state index in [2.05, 4.69) is 30.4 Å². The van der Waals surface area contributed by atoms with Crippen LogP contribution < -0.4 is 5.32 Å². The number of nitrogens with one attached hydrogen (secondary N) is 3. The van der Waals surface area contributed by atoms with Crippen LogP contribution in [0.1, 0.15) is 19.5 Å². The third kappa shape index (κ3) is 3.89. The molecule has 1 aliphatic heterocycles. The van der Waals surface area contributed by atoms with Crippen molar-refractivity contribution < 1.29 is 9.53 Å². The van der Waals surface area contributed by atoms with Gasteiger partial charge in [0, 0.05) is 41.3 Å². The number of anilines is 1. The number of carbonyl (C=O) groups is 1. The average molecular weight is 439 g/mol. The summed E-state index contributed by atoms with van der Waals surface area (Å²) in [5.41, 5.74) is 2.87. The van der Waals surface area contributed by atoms with Crippen molar-refractivity contribution >= 4 is 45.0 Å². The first kappa shape index (κ1) is 20.0. The highest BCUT2D eigenvalue weighted by Crippen LogP contribution is 2.33. The summed E-state index contributed by atoms with van der Waals surface area (Å²) in [7, 11) is 0. The maximum Gasteiger partial charge on any atom is 0.244 e. The van der Waals surface area contributed by atoms with Crippen molar-refractivity contribution in [1.82, 2.24) is 25.1 Å². The molecule has 5 rings (SSSR count). The molecule has 0 radical (unpaired) electrons. The number of amides is 1. The second-order valence-electron chi connectivity index (χ2n) is 8.47. The molecule has 31 heavy (non-hydrogen) atoms. The Morgan fingerprint density at radius 3 is 3.03 bits per heavy atom. The van der Waals surface area contributed by atoms with E-state index in [-0.39, 0.29) is 11.5 Å². The van der Waals surface area contributed by atoms with Gasteiger partial charge in [-0.15, -0.1) is 0 Å². The fraction of sp³-hybridized carbons (Fsp3) is 0.318. The lowest BCUT2D eigenvalue weighted by Crippen LogP contribution is -2.57. The lowest BCUT2D eigenvalue weighted by atomic mass is 10.0. The molecule has 0 spiro atoms. The molecule has 4 aromatic rings. The molecule has 8 nitrogen and oxygen atoms in total. The van der Waals surface area contributed by atoms with E-state index in [9.17, 15) is 4.79 Å². The highest BCUT2D eigenvalue weighted by molar-refractivity contribution is 6.33. The monoisotopic (exact) mass is 438 g/mol. The molecular weight excluding hydrogens is 416 g/mol. The van der Waals surface area contributed by atoms with Gasteiger partial charge in [-0.25, -0.2) is 0 Å². The Balaban J connectivity index is 1.46. The van der Waals surface area contributed by atoms with E-state index in [4.69, 9.17) is 16.3 Å². The van der Waals surface area contributed by atoms with Crippen molar-refractivity contribution in [1.29, 1.82) is 0 Å². The zero-order valence-corrected chi connectivity index (χ0v) is 18.0. The van der Waals surface area contributed by atoms with Crippen LogP contribution in [0.2, 0.25) is 5.02 Å². The second-order valence-corrected chi connectivity index (χ2v) is 8.90. The summed E-state index contributed by atoms with van der Waals surface area (Å²) >= 11 is 6.38. The Morgan fingerprint density at radius 2 is 2.23 bits per heavy atom. The fourth-order valence-electron chi connectivity index (χ4n) is 4.18. The topological polar surface area (TPSA) is 98.9 Å². The van der Waals surface area contributed by atoms with E-state index in [1.54, 1.807) is 24.7 Å². The summed E-state index contributed by atoms with van der Waals surface area (Å²) in [6.45, 7) is 5.51. The molecule has 160 valence electrons. The Labute approximate surface area is 183 Å². The van der Waals surface area contributed by atoms with Crippen LogP contribution in [-0.4, -0.2) is 55.8 Å². The predicted molar refractivity (Wildman–Crippen MR) is 120 cm³/mol. The number of halogens is 1. The van der Waals surface area contributed by atoms with E-state index in [1.165, 1.54) is 0 Å². The lowest BCUT2D eigenvalue weighted by Gasteiger charge is -2.42. The molecule has 0 aliphatic carbocycles. The van der Waals surface area contributed by atoms with Gasteiger partial charge in [0.15, 0.2) is 0 Å². The normalized spacial score (nSPS) is 19.1. The Morgan fingerprint density at radius 1 is 1.35 bits per heavy atom. The third-order valence-corrected chi connectivity index (χ3v) is 5.83. The number of carbonyl (C=O) groups excluding carboxylic acids is 1. The van der Waals surface area contributed by atoms with E-state index >= 15 is 0 Å². The first-order valence-corrected chi connectivity index (χ1v) is 10.5. The number of benzene rings is 1. The summed E-state index contributed by atoms with van der Waals surface area (Å²) in [5.74, 6) is -0.147. The van der Waals surface area contributed by atoms with Crippen molar-refractivity contribution in [2.45, 2.75) is 32.0 Å².